The fraction of sp³-hybridized carbons (Fsp3) is 0.185. The lowest BCUT2D eigenvalue weighted by atomic mass is 9.77. The number of nitrogens with zero attached hydrogens (tertiary/aromatic N) is 3. The summed E-state index contributed by atoms with van der Waals surface area (Å²) in [5, 5.41) is 17.8. The molecule has 36 heavy (non-hydrogen) atoms. The predicted molar refractivity (Wildman–Crippen MR) is 148 cm³/mol. The summed E-state index contributed by atoms with van der Waals surface area (Å²) in [5.74, 6) is -0.375. The zero-order valence-corrected chi connectivity index (χ0v) is 22.8. The first-order valence-electron chi connectivity index (χ1n) is 11.4. The molecule has 0 spiro atoms. The van der Waals surface area contributed by atoms with Gasteiger partial charge in [0.1, 0.15) is 5.02 Å². The van der Waals surface area contributed by atoms with Gasteiger partial charge in [0.05, 0.1) is 16.7 Å². The third-order valence-corrected chi connectivity index (χ3v) is 7.90. The van der Waals surface area contributed by atoms with E-state index >= 15 is 0 Å². The molecule has 2 aliphatic rings. The number of nitro benzene ring substituents is 1. The average Bonchev–Trinajstić information content (AvgIpc) is 3.26. The minimum absolute atomic E-state index is 0.0119. The SMILES string of the molecule is O=C(c1ccc(Cl)c([N+](=O)[O-])c1)N1N=C2/C(=C\c3ccc(Br)cc3)CCCC2C1c1ccc(Br)cc1. The Labute approximate surface area is 230 Å². The van der Waals surface area contributed by atoms with Gasteiger partial charge in [-0.3, -0.25) is 14.9 Å². The van der Waals surface area contributed by atoms with Crippen molar-refractivity contribution >= 4 is 66.8 Å². The summed E-state index contributed by atoms with van der Waals surface area (Å²) in [6.07, 6.45) is 4.87. The van der Waals surface area contributed by atoms with E-state index in [1.165, 1.54) is 23.2 Å². The molecular formula is C27H20Br2ClN3O3. The number of halogens is 3. The minimum atomic E-state index is -0.583. The van der Waals surface area contributed by atoms with Crippen molar-refractivity contribution in [2.75, 3.05) is 0 Å². The van der Waals surface area contributed by atoms with Crippen LogP contribution in [-0.2, 0) is 0 Å². The zero-order chi connectivity index (χ0) is 25.4. The van der Waals surface area contributed by atoms with Gasteiger partial charge in [0.25, 0.3) is 11.6 Å². The van der Waals surface area contributed by atoms with Gasteiger partial charge in [-0.25, -0.2) is 5.01 Å². The topological polar surface area (TPSA) is 75.8 Å². The quantitative estimate of drug-likeness (QED) is 0.216. The predicted octanol–water partition coefficient (Wildman–Crippen LogP) is 8.21. The molecule has 0 aromatic heterocycles. The molecule has 0 saturated heterocycles. The van der Waals surface area contributed by atoms with Crippen LogP contribution in [0.25, 0.3) is 6.08 Å². The van der Waals surface area contributed by atoms with Gasteiger partial charge in [0.15, 0.2) is 0 Å². The lowest BCUT2D eigenvalue weighted by Gasteiger charge is -2.29. The first-order chi connectivity index (χ1) is 17.3. The van der Waals surface area contributed by atoms with E-state index in [1.807, 2.05) is 48.5 Å². The molecule has 3 aromatic carbocycles. The van der Waals surface area contributed by atoms with E-state index in [4.69, 9.17) is 16.7 Å². The number of carbonyl (C=O) groups is 1. The molecule has 9 heteroatoms. The van der Waals surface area contributed by atoms with E-state index in [9.17, 15) is 14.9 Å². The second-order valence-corrected chi connectivity index (χ2v) is 11.0. The fourth-order valence-electron chi connectivity index (χ4n) is 4.84. The Hall–Kier alpha value is -2.81. The first-order valence-corrected chi connectivity index (χ1v) is 13.4. The average molecular weight is 630 g/mol. The van der Waals surface area contributed by atoms with Gasteiger partial charge in [-0.05, 0) is 78.4 Å². The van der Waals surface area contributed by atoms with Gasteiger partial charge < -0.3 is 0 Å². The Bertz CT molecular complexity index is 1400. The number of amides is 1. The van der Waals surface area contributed by atoms with Crippen LogP contribution in [0.2, 0.25) is 5.02 Å². The summed E-state index contributed by atoms with van der Waals surface area (Å²) in [7, 11) is 0. The highest BCUT2D eigenvalue weighted by Gasteiger charge is 2.44. The van der Waals surface area contributed by atoms with Crippen LogP contribution in [0, 0.1) is 16.0 Å². The summed E-state index contributed by atoms with van der Waals surface area (Å²) in [4.78, 5) is 24.6. The molecule has 3 aromatic rings. The van der Waals surface area contributed by atoms with E-state index in [0.29, 0.717) is 0 Å². The van der Waals surface area contributed by atoms with Crippen LogP contribution in [0.1, 0.15) is 46.8 Å². The van der Waals surface area contributed by atoms with Gasteiger partial charge >= 0.3 is 0 Å². The van der Waals surface area contributed by atoms with E-state index in [-0.39, 0.29) is 28.2 Å². The zero-order valence-electron chi connectivity index (χ0n) is 18.9. The van der Waals surface area contributed by atoms with Crippen LogP contribution in [0.4, 0.5) is 5.69 Å². The largest absolute Gasteiger partial charge is 0.288 e. The molecule has 1 fully saturated rings. The molecule has 0 radical (unpaired) electrons. The third-order valence-electron chi connectivity index (χ3n) is 6.52. The number of hydrazone groups is 1. The maximum absolute atomic E-state index is 13.7. The van der Waals surface area contributed by atoms with E-state index in [2.05, 4.69) is 37.9 Å². The minimum Gasteiger partial charge on any atom is -0.267 e. The standard InChI is InChI=1S/C27H20Br2ClN3O3/c28-20-9-4-16(5-10-20)14-18-2-1-3-22-25(18)31-32(26(22)17-6-11-21(29)12-7-17)27(34)19-8-13-23(30)24(15-19)33(35)36/h4-15,22,26H,1-3H2/b18-14-. The van der Waals surface area contributed by atoms with Crippen molar-refractivity contribution < 1.29 is 9.72 Å². The monoisotopic (exact) mass is 627 g/mol. The second-order valence-electron chi connectivity index (χ2n) is 8.77. The maximum Gasteiger partial charge on any atom is 0.288 e. The molecule has 1 heterocycles. The first kappa shape index (κ1) is 24.9. The Kier molecular flexibility index (Phi) is 7.10. The van der Waals surface area contributed by atoms with Crippen molar-refractivity contribution in [1.29, 1.82) is 0 Å². The Morgan fingerprint density at radius 1 is 1.06 bits per heavy atom. The highest BCUT2D eigenvalue weighted by molar-refractivity contribution is 9.10. The number of benzene rings is 3. The second kappa shape index (κ2) is 10.3. The smallest absolute Gasteiger partial charge is 0.267 e. The number of fused-ring (bicyclic) bond motifs is 1. The van der Waals surface area contributed by atoms with E-state index < -0.39 is 10.8 Å². The molecule has 2 unspecified atom stereocenters. The van der Waals surface area contributed by atoms with Crippen LogP contribution >= 0.6 is 43.5 Å². The van der Waals surface area contributed by atoms with E-state index in [1.54, 1.807) is 0 Å². The van der Waals surface area contributed by atoms with E-state index in [0.717, 1.165) is 50.6 Å². The summed E-state index contributed by atoms with van der Waals surface area (Å²) in [5.41, 5.74) is 3.90. The van der Waals surface area contributed by atoms with Gasteiger partial charge in [0, 0.05) is 26.5 Å². The van der Waals surface area contributed by atoms with Crippen LogP contribution in [0.15, 0.2) is 86.3 Å². The molecule has 1 saturated carbocycles. The summed E-state index contributed by atoms with van der Waals surface area (Å²) in [6, 6.07) is 19.8. The highest BCUT2D eigenvalue weighted by atomic mass is 79.9. The van der Waals surface area contributed by atoms with Crippen molar-refractivity contribution in [1.82, 2.24) is 5.01 Å². The van der Waals surface area contributed by atoms with Gasteiger partial charge in [-0.2, -0.15) is 5.10 Å². The van der Waals surface area contributed by atoms with Crippen molar-refractivity contribution in [2.45, 2.75) is 25.3 Å². The molecule has 182 valence electrons. The van der Waals surface area contributed by atoms with Gasteiger partial charge in [0.2, 0.25) is 0 Å². The third kappa shape index (κ3) is 4.90. The summed E-state index contributed by atoms with van der Waals surface area (Å²) in [6.45, 7) is 0. The van der Waals surface area contributed by atoms with Crippen LogP contribution in [0.5, 0.6) is 0 Å². The molecule has 1 aliphatic carbocycles. The maximum atomic E-state index is 13.7. The Morgan fingerprint density at radius 3 is 2.39 bits per heavy atom. The molecule has 6 nitrogen and oxygen atoms in total. The van der Waals surface area contributed by atoms with Crippen LogP contribution < -0.4 is 0 Å². The van der Waals surface area contributed by atoms with Crippen molar-refractivity contribution in [3.8, 4) is 0 Å². The number of allylic oxidation sites excluding steroid dienone is 1. The molecule has 0 bridgehead atoms. The number of hydrogen-bond donors (Lipinski definition) is 0. The van der Waals surface area contributed by atoms with Crippen LogP contribution in [-0.4, -0.2) is 21.6 Å². The van der Waals surface area contributed by atoms with Crippen molar-refractivity contribution in [3.63, 3.8) is 0 Å². The molecule has 1 amide bonds. The number of carbonyl (C=O) groups excluding carboxylic acids is 1. The molecular weight excluding hydrogens is 610 g/mol. The van der Waals surface area contributed by atoms with Crippen molar-refractivity contribution in [3.05, 3.63) is 113 Å². The fourth-order valence-corrected chi connectivity index (χ4v) is 5.55. The van der Waals surface area contributed by atoms with Gasteiger partial charge in [-0.15, -0.1) is 0 Å². The lowest BCUT2D eigenvalue weighted by molar-refractivity contribution is -0.384. The van der Waals surface area contributed by atoms with Crippen LogP contribution in [0.3, 0.4) is 0 Å². The summed E-state index contributed by atoms with van der Waals surface area (Å²) < 4.78 is 1.95. The Morgan fingerprint density at radius 2 is 1.72 bits per heavy atom. The summed E-state index contributed by atoms with van der Waals surface area (Å²) >= 11 is 13.0. The molecule has 5 rings (SSSR count). The molecule has 2 atom stereocenters. The number of hydrogen-bond acceptors (Lipinski definition) is 4. The van der Waals surface area contributed by atoms with Gasteiger partial charge in [-0.1, -0.05) is 67.7 Å². The number of rotatable bonds is 4. The molecule has 0 N–H and O–H groups in total. The lowest BCUT2D eigenvalue weighted by Crippen LogP contribution is -2.32. The highest BCUT2D eigenvalue weighted by Crippen LogP contribution is 2.45. The molecule has 1 aliphatic heterocycles. The number of nitro groups is 1. The Balaban J connectivity index is 1.59. The van der Waals surface area contributed by atoms with Crippen molar-refractivity contribution in [2.24, 2.45) is 11.0 Å². The normalized spacial score (nSPS) is 20.2.